The number of nitrogens with zero attached hydrogens (tertiary/aromatic N) is 2. The molecule has 0 amide bonds. The molecule has 166 valence electrons. The summed E-state index contributed by atoms with van der Waals surface area (Å²) in [5.41, 5.74) is 1.22. The molecule has 0 saturated carbocycles. The molecule has 1 saturated heterocycles. The molecule has 0 aliphatic carbocycles. The van der Waals surface area contributed by atoms with E-state index in [0.29, 0.717) is 19.1 Å². The van der Waals surface area contributed by atoms with Crippen LogP contribution in [0.2, 0.25) is 0 Å². The van der Waals surface area contributed by atoms with Crippen molar-refractivity contribution in [1.82, 2.24) is 15.5 Å². The van der Waals surface area contributed by atoms with Gasteiger partial charge in [-0.3, -0.25) is 0 Å². The topological polar surface area (TPSA) is 73.8 Å². The van der Waals surface area contributed by atoms with Crippen molar-refractivity contribution >= 4 is 50.5 Å². The fourth-order valence-corrected chi connectivity index (χ4v) is 4.29. The molecule has 1 aliphatic heterocycles. The van der Waals surface area contributed by atoms with Crippen LogP contribution in [0.1, 0.15) is 25.3 Å². The molecular formula is C22H33IN4O2S. The number of aliphatic imine (C=N–C) groups is 1. The molecule has 1 fully saturated rings. The van der Waals surface area contributed by atoms with Crippen molar-refractivity contribution in [2.45, 2.75) is 32.4 Å². The molecule has 2 N–H and O–H groups in total. The highest BCUT2D eigenvalue weighted by molar-refractivity contribution is 14.0. The number of hydrogen-bond acceptors (Lipinski definition) is 4. The number of benzene rings is 2. The Balaban J connectivity index is 0.00000320. The van der Waals surface area contributed by atoms with Gasteiger partial charge in [0.1, 0.15) is 9.84 Å². The van der Waals surface area contributed by atoms with E-state index < -0.39 is 9.84 Å². The van der Waals surface area contributed by atoms with Gasteiger partial charge in [0, 0.05) is 38.5 Å². The number of fused-ring (bicyclic) bond motifs is 1. The second-order valence-electron chi connectivity index (χ2n) is 7.72. The summed E-state index contributed by atoms with van der Waals surface area (Å²) in [5, 5.41) is 9.39. The van der Waals surface area contributed by atoms with E-state index in [1.165, 1.54) is 22.6 Å². The number of rotatable bonds is 7. The summed E-state index contributed by atoms with van der Waals surface area (Å²) in [4.78, 5) is 7.05. The quantitative estimate of drug-likeness (QED) is 0.319. The van der Waals surface area contributed by atoms with E-state index in [-0.39, 0.29) is 29.7 Å². The number of nitrogens with one attached hydrogen (secondary N) is 2. The normalized spacial score (nSPS) is 16.3. The van der Waals surface area contributed by atoms with Crippen molar-refractivity contribution in [3.63, 3.8) is 0 Å². The van der Waals surface area contributed by atoms with Gasteiger partial charge in [-0.25, -0.2) is 13.4 Å². The van der Waals surface area contributed by atoms with Crippen LogP contribution in [0.5, 0.6) is 0 Å². The van der Waals surface area contributed by atoms with E-state index in [9.17, 15) is 8.42 Å². The molecule has 6 nitrogen and oxygen atoms in total. The van der Waals surface area contributed by atoms with E-state index in [1.807, 2.05) is 0 Å². The first kappa shape index (κ1) is 24.9. The highest BCUT2D eigenvalue weighted by Crippen LogP contribution is 2.19. The summed E-state index contributed by atoms with van der Waals surface area (Å²) in [6.45, 7) is 5.97. The molecule has 30 heavy (non-hydrogen) atoms. The monoisotopic (exact) mass is 544 g/mol. The van der Waals surface area contributed by atoms with Crippen LogP contribution in [0.3, 0.4) is 0 Å². The van der Waals surface area contributed by atoms with Crippen molar-refractivity contribution in [3.05, 3.63) is 48.0 Å². The smallest absolute Gasteiger partial charge is 0.191 e. The van der Waals surface area contributed by atoms with Crippen molar-refractivity contribution in [2.24, 2.45) is 4.99 Å². The number of guanidine groups is 1. The van der Waals surface area contributed by atoms with E-state index in [4.69, 9.17) is 4.99 Å². The average molecular weight is 545 g/mol. The average Bonchev–Trinajstić information content (AvgIpc) is 2.71. The summed E-state index contributed by atoms with van der Waals surface area (Å²) < 4.78 is 22.7. The first-order valence-corrected chi connectivity index (χ1v) is 12.4. The first-order chi connectivity index (χ1) is 13.9. The minimum Gasteiger partial charge on any atom is -0.357 e. The predicted octanol–water partition coefficient (Wildman–Crippen LogP) is 3.02. The van der Waals surface area contributed by atoms with Crippen LogP contribution < -0.4 is 10.6 Å². The van der Waals surface area contributed by atoms with Gasteiger partial charge >= 0.3 is 0 Å². The Kier molecular flexibility index (Phi) is 9.83. The molecule has 0 bridgehead atoms. The van der Waals surface area contributed by atoms with Crippen LogP contribution in [0, 0.1) is 0 Å². The summed E-state index contributed by atoms with van der Waals surface area (Å²) in [5.74, 6) is 1.08. The molecular weight excluding hydrogens is 511 g/mol. The maximum absolute atomic E-state index is 11.4. The van der Waals surface area contributed by atoms with E-state index in [1.54, 1.807) is 0 Å². The molecule has 2 aromatic rings. The Hall–Kier alpha value is -1.39. The third-order valence-electron chi connectivity index (χ3n) is 5.34. The molecule has 1 heterocycles. The van der Waals surface area contributed by atoms with E-state index >= 15 is 0 Å². The van der Waals surface area contributed by atoms with Gasteiger partial charge < -0.3 is 15.5 Å². The fourth-order valence-electron chi connectivity index (χ4n) is 3.70. The van der Waals surface area contributed by atoms with Crippen molar-refractivity contribution in [3.8, 4) is 0 Å². The Morgan fingerprint density at radius 2 is 1.83 bits per heavy atom. The van der Waals surface area contributed by atoms with Crippen LogP contribution in [-0.2, 0) is 16.4 Å². The molecule has 1 aliphatic rings. The largest absolute Gasteiger partial charge is 0.357 e. The van der Waals surface area contributed by atoms with Crippen LogP contribution in [-0.4, -0.2) is 63.5 Å². The zero-order chi connectivity index (χ0) is 20.7. The molecule has 0 unspecified atom stereocenters. The summed E-state index contributed by atoms with van der Waals surface area (Å²) in [6, 6.07) is 15.1. The Bertz CT molecular complexity index is 936. The van der Waals surface area contributed by atoms with E-state index in [2.05, 4.69) is 64.9 Å². The van der Waals surface area contributed by atoms with Gasteiger partial charge in [-0.2, -0.15) is 0 Å². The Morgan fingerprint density at radius 1 is 1.13 bits per heavy atom. The molecule has 8 heteroatoms. The number of halogens is 1. The maximum atomic E-state index is 11.4. The highest BCUT2D eigenvalue weighted by atomic mass is 127. The minimum absolute atomic E-state index is 0. The van der Waals surface area contributed by atoms with Gasteiger partial charge in [0.15, 0.2) is 5.96 Å². The second-order valence-corrected chi connectivity index (χ2v) is 9.98. The molecule has 0 spiro atoms. The number of piperidine rings is 1. The lowest BCUT2D eigenvalue weighted by Crippen LogP contribution is -2.49. The van der Waals surface area contributed by atoms with Gasteiger partial charge in [0.05, 0.1) is 12.3 Å². The lowest BCUT2D eigenvalue weighted by atomic mass is 10.0. The van der Waals surface area contributed by atoms with E-state index in [0.717, 1.165) is 38.4 Å². The summed E-state index contributed by atoms with van der Waals surface area (Å²) in [7, 11) is -2.90. The minimum atomic E-state index is -2.90. The lowest BCUT2D eigenvalue weighted by molar-refractivity contribution is 0.216. The number of hydrogen-bond donors (Lipinski definition) is 2. The van der Waals surface area contributed by atoms with Crippen molar-refractivity contribution < 1.29 is 8.42 Å². The molecule has 0 radical (unpaired) electrons. The molecule has 0 aromatic heterocycles. The van der Waals surface area contributed by atoms with Gasteiger partial charge in [-0.1, -0.05) is 42.5 Å². The van der Waals surface area contributed by atoms with Crippen LogP contribution >= 0.6 is 24.0 Å². The third-order valence-corrected chi connectivity index (χ3v) is 6.26. The van der Waals surface area contributed by atoms with Crippen molar-refractivity contribution in [2.75, 3.05) is 38.2 Å². The van der Waals surface area contributed by atoms with Crippen molar-refractivity contribution in [1.29, 1.82) is 0 Å². The standard InChI is InChI=1S/C22H32N4O2S.HI/c1-3-23-22(24-17-19-9-6-8-18-7-4-5-10-21(18)19)25-20-11-13-26(14-12-20)15-16-29(2,27)28;/h4-10,20H,3,11-17H2,1-2H3,(H2,23,24,25);1H. The van der Waals surface area contributed by atoms with Gasteiger partial charge in [0.25, 0.3) is 0 Å². The van der Waals surface area contributed by atoms with Crippen LogP contribution in [0.15, 0.2) is 47.5 Å². The zero-order valence-corrected chi connectivity index (χ0v) is 20.9. The second kappa shape index (κ2) is 11.9. The predicted molar refractivity (Wildman–Crippen MR) is 136 cm³/mol. The summed E-state index contributed by atoms with van der Waals surface area (Å²) >= 11 is 0. The van der Waals surface area contributed by atoms with Gasteiger partial charge in [0.2, 0.25) is 0 Å². The zero-order valence-electron chi connectivity index (χ0n) is 17.8. The summed E-state index contributed by atoms with van der Waals surface area (Å²) in [6.07, 6.45) is 3.28. The van der Waals surface area contributed by atoms with Gasteiger partial charge in [-0.15, -0.1) is 24.0 Å². The highest BCUT2D eigenvalue weighted by Gasteiger charge is 2.20. The van der Waals surface area contributed by atoms with Gasteiger partial charge in [-0.05, 0) is 36.1 Å². The molecule has 2 aromatic carbocycles. The third kappa shape index (κ3) is 7.70. The lowest BCUT2D eigenvalue weighted by Gasteiger charge is -2.32. The Morgan fingerprint density at radius 3 is 2.53 bits per heavy atom. The number of likely N-dealkylation sites (tertiary alicyclic amines) is 1. The molecule has 0 atom stereocenters. The Labute approximate surface area is 197 Å². The maximum Gasteiger partial charge on any atom is 0.191 e. The van der Waals surface area contributed by atoms with Crippen LogP contribution in [0.4, 0.5) is 0 Å². The first-order valence-electron chi connectivity index (χ1n) is 10.4. The van der Waals surface area contributed by atoms with Crippen LogP contribution in [0.25, 0.3) is 10.8 Å². The SMILES string of the molecule is CCNC(=NCc1cccc2ccccc12)NC1CCN(CCS(C)(=O)=O)CC1.I. The molecule has 3 rings (SSSR count). The fraction of sp³-hybridized carbons (Fsp3) is 0.500. The number of sulfone groups is 1.